The molecule has 0 atom stereocenters. The predicted molar refractivity (Wildman–Crippen MR) is 97.4 cm³/mol. The van der Waals surface area contributed by atoms with Crippen LogP contribution in [0.5, 0.6) is 0 Å². The van der Waals surface area contributed by atoms with Gasteiger partial charge in [-0.2, -0.15) is 5.10 Å². The Kier molecular flexibility index (Phi) is 4.22. The molecule has 128 valence electrons. The van der Waals surface area contributed by atoms with Crippen molar-refractivity contribution in [2.75, 3.05) is 13.1 Å². The molecule has 3 aromatic rings. The van der Waals surface area contributed by atoms with E-state index < -0.39 is 0 Å². The Balaban J connectivity index is 1.40. The monoisotopic (exact) mass is 334 g/mol. The number of benzene rings is 1. The van der Waals surface area contributed by atoms with Crippen LogP contribution in [-0.2, 0) is 6.42 Å². The van der Waals surface area contributed by atoms with Gasteiger partial charge in [0.05, 0.1) is 5.52 Å². The van der Waals surface area contributed by atoms with Crippen molar-refractivity contribution in [1.29, 1.82) is 0 Å². The number of fused-ring (bicyclic) bond motifs is 1. The SMILES string of the molecule is Cc1cc(CC2CCN(C(=O)c3n[nH]c4ccccc34)CC2)ccn1. The molecule has 1 fully saturated rings. The fraction of sp³-hybridized carbons (Fsp3) is 0.350. The number of piperidine rings is 1. The van der Waals surface area contributed by atoms with Crippen LogP contribution < -0.4 is 0 Å². The molecule has 1 aliphatic heterocycles. The van der Waals surface area contributed by atoms with E-state index in [1.807, 2.05) is 42.3 Å². The first-order chi connectivity index (χ1) is 12.2. The van der Waals surface area contributed by atoms with Crippen molar-refractivity contribution < 1.29 is 4.79 Å². The number of carbonyl (C=O) groups is 1. The van der Waals surface area contributed by atoms with E-state index in [1.165, 1.54) is 5.56 Å². The number of para-hydroxylation sites is 1. The van der Waals surface area contributed by atoms with Crippen molar-refractivity contribution in [2.45, 2.75) is 26.2 Å². The number of amides is 1. The summed E-state index contributed by atoms with van der Waals surface area (Å²) in [5.41, 5.74) is 3.86. The molecule has 1 aliphatic rings. The van der Waals surface area contributed by atoms with Crippen LogP contribution in [0.2, 0.25) is 0 Å². The first kappa shape index (κ1) is 15.8. The van der Waals surface area contributed by atoms with Crippen molar-refractivity contribution in [2.24, 2.45) is 5.92 Å². The Morgan fingerprint density at radius 2 is 2.04 bits per heavy atom. The molecule has 0 spiro atoms. The molecule has 4 rings (SSSR count). The summed E-state index contributed by atoms with van der Waals surface area (Å²) in [7, 11) is 0. The molecule has 5 heteroatoms. The lowest BCUT2D eigenvalue weighted by atomic mass is 9.90. The topological polar surface area (TPSA) is 61.9 Å². The number of pyridine rings is 1. The van der Waals surface area contributed by atoms with E-state index in [0.717, 1.165) is 48.9 Å². The van der Waals surface area contributed by atoms with Gasteiger partial charge in [0.15, 0.2) is 5.69 Å². The van der Waals surface area contributed by atoms with Crippen LogP contribution in [0.1, 0.15) is 34.6 Å². The maximum atomic E-state index is 12.8. The Bertz CT molecular complexity index is 893. The van der Waals surface area contributed by atoms with E-state index >= 15 is 0 Å². The molecule has 3 heterocycles. The zero-order chi connectivity index (χ0) is 17.2. The molecule has 25 heavy (non-hydrogen) atoms. The summed E-state index contributed by atoms with van der Waals surface area (Å²) in [5.74, 6) is 0.664. The molecule has 0 radical (unpaired) electrons. The van der Waals surface area contributed by atoms with Gasteiger partial charge < -0.3 is 4.90 Å². The lowest BCUT2D eigenvalue weighted by Gasteiger charge is -2.31. The summed E-state index contributed by atoms with van der Waals surface area (Å²) in [6, 6.07) is 12.0. The molecular weight excluding hydrogens is 312 g/mol. The number of H-pyrrole nitrogens is 1. The van der Waals surface area contributed by atoms with Gasteiger partial charge >= 0.3 is 0 Å². The molecule has 1 N–H and O–H groups in total. The van der Waals surface area contributed by atoms with Crippen molar-refractivity contribution in [3.8, 4) is 0 Å². The van der Waals surface area contributed by atoms with Crippen LogP contribution in [0.25, 0.3) is 10.9 Å². The highest BCUT2D eigenvalue weighted by Gasteiger charge is 2.26. The first-order valence-electron chi connectivity index (χ1n) is 8.84. The minimum atomic E-state index is 0.0376. The smallest absolute Gasteiger partial charge is 0.274 e. The van der Waals surface area contributed by atoms with Crippen LogP contribution in [-0.4, -0.2) is 39.1 Å². The van der Waals surface area contributed by atoms with E-state index in [0.29, 0.717) is 11.6 Å². The fourth-order valence-corrected chi connectivity index (χ4v) is 3.68. The Morgan fingerprint density at radius 1 is 1.24 bits per heavy atom. The predicted octanol–water partition coefficient (Wildman–Crippen LogP) is 3.36. The largest absolute Gasteiger partial charge is 0.337 e. The number of aromatic amines is 1. The zero-order valence-corrected chi connectivity index (χ0v) is 14.4. The first-order valence-corrected chi connectivity index (χ1v) is 8.84. The minimum absolute atomic E-state index is 0.0376. The maximum absolute atomic E-state index is 12.8. The lowest BCUT2D eigenvalue weighted by Crippen LogP contribution is -2.39. The van der Waals surface area contributed by atoms with Crippen LogP contribution in [0.3, 0.4) is 0 Å². The summed E-state index contributed by atoms with van der Waals surface area (Å²) < 4.78 is 0. The molecule has 0 saturated carbocycles. The molecule has 5 nitrogen and oxygen atoms in total. The van der Waals surface area contributed by atoms with Crippen molar-refractivity contribution in [3.05, 3.63) is 59.5 Å². The number of nitrogens with zero attached hydrogens (tertiary/aromatic N) is 3. The van der Waals surface area contributed by atoms with Crippen LogP contribution >= 0.6 is 0 Å². The van der Waals surface area contributed by atoms with Gasteiger partial charge in [-0.1, -0.05) is 18.2 Å². The van der Waals surface area contributed by atoms with Gasteiger partial charge in [0.1, 0.15) is 0 Å². The molecular formula is C20H22N4O. The van der Waals surface area contributed by atoms with E-state index in [-0.39, 0.29) is 5.91 Å². The van der Waals surface area contributed by atoms with Gasteiger partial charge in [-0.25, -0.2) is 0 Å². The van der Waals surface area contributed by atoms with Crippen LogP contribution in [0.15, 0.2) is 42.6 Å². The van der Waals surface area contributed by atoms with Gasteiger partial charge in [-0.15, -0.1) is 0 Å². The normalized spacial score (nSPS) is 15.6. The average molecular weight is 334 g/mol. The second kappa shape index (κ2) is 6.67. The van der Waals surface area contributed by atoms with Gasteiger partial charge in [0, 0.05) is 30.4 Å². The number of hydrogen-bond acceptors (Lipinski definition) is 3. The summed E-state index contributed by atoms with van der Waals surface area (Å²) in [5, 5.41) is 8.10. The van der Waals surface area contributed by atoms with Gasteiger partial charge in [-0.3, -0.25) is 14.9 Å². The average Bonchev–Trinajstić information content (AvgIpc) is 3.06. The Labute approximate surface area is 147 Å². The number of aromatic nitrogens is 3. The third-order valence-electron chi connectivity index (χ3n) is 5.06. The number of hydrogen-bond donors (Lipinski definition) is 1. The number of nitrogens with one attached hydrogen (secondary N) is 1. The maximum Gasteiger partial charge on any atom is 0.274 e. The quantitative estimate of drug-likeness (QED) is 0.799. The summed E-state index contributed by atoms with van der Waals surface area (Å²) in [6.07, 6.45) is 5.02. The van der Waals surface area contributed by atoms with E-state index in [4.69, 9.17) is 0 Å². The Morgan fingerprint density at radius 3 is 2.84 bits per heavy atom. The van der Waals surface area contributed by atoms with E-state index in [9.17, 15) is 4.79 Å². The Hall–Kier alpha value is -2.69. The van der Waals surface area contributed by atoms with Gasteiger partial charge in [0.2, 0.25) is 0 Å². The highest BCUT2D eigenvalue weighted by Crippen LogP contribution is 2.24. The third kappa shape index (κ3) is 3.27. The minimum Gasteiger partial charge on any atom is -0.337 e. The molecule has 2 aromatic heterocycles. The van der Waals surface area contributed by atoms with Crippen molar-refractivity contribution in [3.63, 3.8) is 0 Å². The molecule has 1 aromatic carbocycles. The molecule has 1 amide bonds. The third-order valence-corrected chi connectivity index (χ3v) is 5.06. The summed E-state index contributed by atoms with van der Waals surface area (Å²) in [4.78, 5) is 19.0. The second-order valence-electron chi connectivity index (χ2n) is 6.86. The molecule has 1 saturated heterocycles. The molecule has 0 unspecified atom stereocenters. The number of rotatable bonds is 3. The summed E-state index contributed by atoms with van der Waals surface area (Å²) in [6.45, 7) is 3.63. The number of carbonyl (C=O) groups excluding carboxylic acids is 1. The number of aryl methyl sites for hydroxylation is 1. The van der Waals surface area contributed by atoms with Gasteiger partial charge in [0.25, 0.3) is 5.91 Å². The van der Waals surface area contributed by atoms with Crippen molar-refractivity contribution >= 4 is 16.8 Å². The van der Waals surface area contributed by atoms with E-state index in [1.54, 1.807) is 0 Å². The lowest BCUT2D eigenvalue weighted by molar-refractivity contribution is 0.0686. The highest BCUT2D eigenvalue weighted by molar-refractivity contribution is 6.04. The summed E-state index contributed by atoms with van der Waals surface area (Å²) >= 11 is 0. The van der Waals surface area contributed by atoms with E-state index in [2.05, 4.69) is 27.3 Å². The molecule has 0 aliphatic carbocycles. The number of likely N-dealkylation sites (tertiary alicyclic amines) is 1. The standard InChI is InChI=1S/C20H22N4O/c1-14-12-16(6-9-21-14)13-15-7-10-24(11-8-15)20(25)19-17-4-2-3-5-18(17)22-23-19/h2-6,9,12,15H,7-8,10-11,13H2,1H3,(H,22,23). The highest BCUT2D eigenvalue weighted by atomic mass is 16.2. The van der Waals surface area contributed by atoms with Crippen LogP contribution in [0.4, 0.5) is 0 Å². The second-order valence-corrected chi connectivity index (χ2v) is 6.86. The molecule has 0 bridgehead atoms. The fourth-order valence-electron chi connectivity index (χ4n) is 3.68. The van der Waals surface area contributed by atoms with Gasteiger partial charge in [-0.05, 0) is 55.9 Å². The zero-order valence-electron chi connectivity index (χ0n) is 14.4. The van der Waals surface area contributed by atoms with Crippen LogP contribution in [0, 0.1) is 12.8 Å². The van der Waals surface area contributed by atoms with Crippen molar-refractivity contribution in [1.82, 2.24) is 20.1 Å².